The first kappa shape index (κ1) is 15.5. The molecule has 2 aromatic rings. The van der Waals surface area contributed by atoms with Crippen LogP contribution in [-0.2, 0) is 0 Å². The summed E-state index contributed by atoms with van der Waals surface area (Å²) >= 11 is 6.25. The first-order valence-electron chi connectivity index (χ1n) is 8.05. The zero-order valence-corrected chi connectivity index (χ0v) is 13.7. The number of fused-ring (bicyclic) bond motifs is 1. The van der Waals surface area contributed by atoms with Gasteiger partial charge in [-0.15, -0.1) is 0 Å². The standard InChI is InChI=1S/C16H17ClFN5O/c17-13-15(23-7-1-2-10-11(23)4-6-19-10)21-14(22-16(13)24)9-3-5-20-12(18)8-9/h3,5,8,10-11,19H,1-2,4,6-7H2,(H,21,22,24). The summed E-state index contributed by atoms with van der Waals surface area (Å²) < 4.78 is 13.4. The van der Waals surface area contributed by atoms with Crippen molar-refractivity contribution < 1.29 is 4.39 Å². The molecule has 4 heterocycles. The number of halogens is 2. The number of rotatable bonds is 2. The second-order valence-electron chi connectivity index (χ2n) is 6.17. The van der Waals surface area contributed by atoms with Crippen LogP contribution in [0.1, 0.15) is 19.3 Å². The Morgan fingerprint density at radius 3 is 3.08 bits per heavy atom. The average molecular weight is 350 g/mol. The van der Waals surface area contributed by atoms with Crippen LogP contribution in [0.15, 0.2) is 23.1 Å². The molecular formula is C16H17ClFN5O. The topological polar surface area (TPSA) is 73.9 Å². The van der Waals surface area contributed by atoms with E-state index >= 15 is 0 Å². The summed E-state index contributed by atoms with van der Waals surface area (Å²) in [7, 11) is 0. The lowest BCUT2D eigenvalue weighted by atomic mass is 9.97. The smallest absolute Gasteiger partial charge is 0.272 e. The van der Waals surface area contributed by atoms with E-state index in [9.17, 15) is 9.18 Å². The number of anilines is 1. The van der Waals surface area contributed by atoms with E-state index < -0.39 is 11.5 Å². The molecule has 2 atom stereocenters. The van der Waals surface area contributed by atoms with Crippen LogP contribution in [0.25, 0.3) is 11.4 Å². The number of nitrogens with one attached hydrogen (secondary N) is 2. The largest absolute Gasteiger partial charge is 0.351 e. The van der Waals surface area contributed by atoms with Gasteiger partial charge in [0.1, 0.15) is 10.8 Å². The van der Waals surface area contributed by atoms with Gasteiger partial charge in [-0.2, -0.15) is 4.39 Å². The highest BCUT2D eigenvalue weighted by Crippen LogP contribution is 2.32. The molecule has 2 fully saturated rings. The maximum Gasteiger partial charge on any atom is 0.272 e. The third kappa shape index (κ3) is 2.67. The molecule has 2 saturated heterocycles. The minimum Gasteiger partial charge on any atom is -0.351 e. The summed E-state index contributed by atoms with van der Waals surface area (Å²) in [5.74, 6) is 0.157. The van der Waals surface area contributed by atoms with Crippen LogP contribution in [0.2, 0.25) is 5.02 Å². The molecule has 0 spiro atoms. The molecule has 0 saturated carbocycles. The van der Waals surface area contributed by atoms with Crippen LogP contribution in [0, 0.1) is 5.95 Å². The molecule has 0 amide bonds. The van der Waals surface area contributed by atoms with E-state index in [-0.39, 0.29) is 11.1 Å². The number of aromatic nitrogens is 3. The summed E-state index contributed by atoms with van der Waals surface area (Å²) in [5, 5.41) is 3.57. The first-order chi connectivity index (χ1) is 11.6. The highest BCUT2D eigenvalue weighted by Gasteiger charge is 2.36. The minimum atomic E-state index is -0.621. The summed E-state index contributed by atoms with van der Waals surface area (Å²) in [6, 6.07) is 3.53. The predicted molar refractivity (Wildman–Crippen MR) is 89.8 cm³/mol. The Bertz CT molecular complexity index is 826. The third-order valence-electron chi connectivity index (χ3n) is 4.74. The quantitative estimate of drug-likeness (QED) is 0.811. The highest BCUT2D eigenvalue weighted by atomic mass is 35.5. The van der Waals surface area contributed by atoms with Gasteiger partial charge in [-0.25, -0.2) is 9.97 Å². The van der Waals surface area contributed by atoms with E-state index in [1.165, 1.54) is 12.3 Å². The SMILES string of the molecule is O=c1[nH]c(-c2ccnc(F)c2)nc(N2CCCC3NCCC32)c1Cl. The lowest BCUT2D eigenvalue weighted by Gasteiger charge is -2.38. The molecule has 8 heteroatoms. The fraction of sp³-hybridized carbons (Fsp3) is 0.438. The lowest BCUT2D eigenvalue weighted by Crippen LogP contribution is -2.49. The number of pyridine rings is 1. The van der Waals surface area contributed by atoms with Gasteiger partial charge in [0, 0.05) is 36.5 Å². The fourth-order valence-electron chi connectivity index (χ4n) is 3.66. The van der Waals surface area contributed by atoms with Gasteiger partial charge in [-0.05, 0) is 31.9 Å². The average Bonchev–Trinajstić information content (AvgIpc) is 3.06. The Labute approximate surface area is 143 Å². The van der Waals surface area contributed by atoms with Gasteiger partial charge in [0.05, 0.1) is 0 Å². The van der Waals surface area contributed by atoms with Crippen molar-refractivity contribution in [1.29, 1.82) is 0 Å². The minimum absolute atomic E-state index is 0.0841. The Kier molecular flexibility index (Phi) is 3.97. The van der Waals surface area contributed by atoms with Crippen LogP contribution in [-0.4, -0.2) is 40.1 Å². The number of nitrogens with zero attached hydrogens (tertiary/aromatic N) is 3. The number of H-pyrrole nitrogens is 1. The summed E-state index contributed by atoms with van der Waals surface area (Å²) in [6.45, 7) is 1.76. The van der Waals surface area contributed by atoms with Crippen molar-refractivity contribution in [1.82, 2.24) is 20.3 Å². The molecule has 6 nitrogen and oxygen atoms in total. The maximum absolute atomic E-state index is 13.4. The first-order valence-corrected chi connectivity index (χ1v) is 8.43. The van der Waals surface area contributed by atoms with Crippen molar-refractivity contribution in [2.75, 3.05) is 18.0 Å². The van der Waals surface area contributed by atoms with E-state index in [4.69, 9.17) is 11.6 Å². The van der Waals surface area contributed by atoms with E-state index in [1.807, 2.05) is 0 Å². The van der Waals surface area contributed by atoms with Crippen LogP contribution in [0.5, 0.6) is 0 Å². The number of aromatic amines is 1. The highest BCUT2D eigenvalue weighted by molar-refractivity contribution is 6.32. The van der Waals surface area contributed by atoms with Crippen LogP contribution in [0.4, 0.5) is 10.2 Å². The Morgan fingerprint density at radius 1 is 1.38 bits per heavy atom. The van der Waals surface area contributed by atoms with E-state index in [2.05, 4.69) is 25.2 Å². The zero-order valence-electron chi connectivity index (χ0n) is 12.9. The second-order valence-corrected chi connectivity index (χ2v) is 6.55. The van der Waals surface area contributed by atoms with Crippen molar-refractivity contribution in [3.8, 4) is 11.4 Å². The molecule has 2 aliphatic rings. The Balaban J connectivity index is 1.79. The zero-order chi connectivity index (χ0) is 16.7. The summed E-state index contributed by atoms with van der Waals surface area (Å²) in [4.78, 5) is 25.1. The molecule has 0 bridgehead atoms. The van der Waals surface area contributed by atoms with Gasteiger partial charge >= 0.3 is 0 Å². The Hall–Kier alpha value is -1.99. The monoisotopic (exact) mass is 349 g/mol. The van der Waals surface area contributed by atoms with Crippen LogP contribution < -0.4 is 15.8 Å². The van der Waals surface area contributed by atoms with Crippen molar-refractivity contribution in [3.63, 3.8) is 0 Å². The number of piperidine rings is 1. The van der Waals surface area contributed by atoms with Crippen molar-refractivity contribution >= 4 is 17.4 Å². The summed E-state index contributed by atoms with van der Waals surface area (Å²) in [5.41, 5.74) is 0.0533. The van der Waals surface area contributed by atoms with E-state index in [0.29, 0.717) is 23.2 Å². The predicted octanol–water partition coefficient (Wildman–Crippen LogP) is 1.96. The van der Waals surface area contributed by atoms with Gasteiger partial charge in [-0.1, -0.05) is 11.6 Å². The van der Waals surface area contributed by atoms with Crippen molar-refractivity contribution in [3.05, 3.63) is 39.7 Å². The molecule has 2 aliphatic heterocycles. The molecule has 4 rings (SSSR count). The van der Waals surface area contributed by atoms with Gasteiger partial charge in [0.15, 0.2) is 5.82 Å². The number of hydrogen-bond donors (Lipinski definition) is 2. The molecule has 2 N–H and O–H groups in total. The van der Waals surface area contributed by atoms with E-state index in [1.54, 1.807) is 6.07 Å². The molecular weight excluding hydrogens is 333 g/mol. The van der Waals surface area contributed by atoms with E-state index in [0.717, 1.165) is 32.4 Å². The van der Waals surface area contributed by atoms with Crippen LogP contribution in [0.3, 0.4) is 0 Å². The summed E-state index contributed by atoms with van der Waals surface area (Å²) in [6.07, 6.45) is 4.47. The third-order valence-corrected chi connectivity index (χ3v) is 5.08. The lowest BCUT2D eigenvalue weighted by molar-refractivity contribution is 0.409. The second kappa shape index (κ2) is 6.14. The molecule has 0 radical (unpaired) electrons. The molecule has 2 aromatic heterocycles. The molecule has 24 heavy (non-hydrogen) atoms. The molecule has 0 aromatic carbocycles. The van der Waals surface area contributed by atoms with Gasteiger partial charge < -0.3 is 15.2 Å². The van der Waals surface area contributed by atoms with Gasteiger partial charge in [-0.3, -0.25) is 4.79 Å². The van der Waals surface area contributed by atoms with Gasteiger partial charge in [0.25, 0.3) is 5.56 Å². The Morgan fingerprint density at radius 2 is 2.25 bits per heavy atom. The maximum atomic E-state index is 13.4. The molecule has 126 valence electrons. The van der Waals surface area contributed by atoms with Gasteiger partial charge in [0.2, 0.25) is 5.95 Å². The normalized spacial score (nSPS) is 23.3. The molecule has 0 aliphatic carbocycles. The number of hydrogen-bond acceptors (Lipinski definition) is 5. The fourth-order valence-corrected chi connectivity index (χ4v) is 3.85. The van der Waals surface area contributed by atoms with Crippen molar-refractivity contribution in [2.45, 2.75) is 31.3 Å². The van der Waals surface area contributed by atoms with Crippen molar-refractivity contribution in [2.24, 2.45) is 0 Å². The van der Waals surface area contributed by atoms with Crippen LogP contribution >= 0.6 is 11.6 Å². The molecule has 2 unspecified atom stereocenters.